The summed E-state index contributed by atoms with van der Waals surface area (Å²) in [5, 5.41) is 2.85. The molecule has 0 aliphatic carbocycles. The summed E-state index contributed by atoms with van der Waals surface area (Å²) in [5.74, 6) is 0.200. The van der Waals surface area contributed by atoms with Gasteiger partial charge in [-0.25, -0.2) is 14.4 Å². The van der Waals surface area contributed by atoms with Crippen LogP contribution in [0.4, 0.5) is 4.39 Å². The lowest BCUT2D eigenvalue weighted by molar-refractivity contribution is 0.0954. The van der Waals surface area contributed by atoms with Gasteiger partial charge < -0.3 is 5.32 Å². The van der Waals surface area contributed by atoms with Crippen LogP contribution in [0.5, 0.6) is 0 Å². The van der Waals surface area contributed by atoms with Crippen LogP contribution in [0.2, 0.25) is 0 Å². The molecule has 0 radical (unpaired) electrons. The monoisotopic (exact) mass is 310 g/mol. The van der Waals surface area contributed by atoms with Crippen molar-refractivity contribution in [1.29, 1.82) is 0 Å². The fourth-order valence-electron chi connectivity index (χ4n) is 2.17. The summed E-state index contributed by atoms with van der Waals surface area (Å²) in [6.07, 6.45) is 7.27. The maximum Gasteiger partial charge on any atom is 0.251 e. The lowest BCUT2D eigenvalue weighted by Gasteiger charge is -2.07. The number of hydrogen-bond donors (Lipinski definition) is 1. The van der Waals surface area contributed by atoms with Gasteiger partial charge in [0.25, 0.3) is 5.91 Å². The molecule has 0 aliphatic rings. The Balaban J connectivity index is 1.60. The molecule has 23 heavy (non-hydrogen) atoms. The van der Waals surface area contributed by atoms with Gasteiger partial charge in [0.2, 0.25) is 0 Å². The van der Waals surface area contributed by atoms with Gasteiger partial charge in [0.15, 0.2) is 0 Å². The second kappa shape index (κ2) is 6.83. The number of hydrogen-bond acceptors (Lipinski definition) is 3. The molecule has 1 amide bonds. The molecule has 0 saturated heterocycles. The van der Waals surface area contributed by atoms with Crippen molar-refractivity contribution in [1.82, 2.24) is 19.9 Å². The van der Waals surface area contributed by atoms with Crippen LogP contribution >= 0.6 is 0 Å². The van der Waals surface area contributed by atoms with Crippen molar-refractivity contribution < 1.29 is 9.18 Å². The summed E-state index contributed by atoms with van der Waals surface area (Å²) in [6.45, 7) is 0.479. The maximum atomic E-state index is 12.8. The zero-order chi connectivity index (χ0) is 16.1. The summed E-state index contributed by atoms with van der Waals surface area (Å²) < 4.78 is 14.6. The molecule has 0 aliphatic heterocycles. The van der Waals surface area contributed by atoms with Crippen LogP contribution in [0.15, 0.2) is 61.3 Å². The van der Waals surface area contributed by atoms with Crippen LogP contribution in [0.1, 0.15) is 15.9 Å². The SMILES string of the molecule is O=C(NCCc1ccc(F)cc1)c1ccnc(-n2ccnc2)c1. The number of halogens is 1. The number of imidazole rings is 1. The highest BCUT2D eigenvalue weighted by atomic mass is 19.1. The van der Waals surface area contributed by atoms with E-state index in [1.807, 2.05) is 0 Å². The molecule has 0 unspecified atom stereocenters. The Bertz CT molecular complexity index is 785. The zero-order valence-corrected chi connectivity index (χ0v) is 12.3. The van der Waals surface area contributed by atoms with E-state index < -0.39 is 0 Å². The average molecular weight is 310 g/mol. The number of nitrogens with one attached hydrogen (secondary N) is 1. The molecule has 0 bridgehead atoms. The highest BCUT2D eigenvalue weighted by Gasteiger charge is 2.07. The Morgan fingerprint density at radius 1 is 1.17 bits per heavy atom. The largest absolute Gasteiger partial charge is 0.352 e. The number of amides is 1. The van der Waals surface area contributed by atoms with Crippen molar-refractivity contribution >= 4 is 5.91 Å². The summed E-state index contributed by atoms with van der Waals surface area (Å²) in [6, 6.07) is 9.62. The van der Waals surface area contributed by atoms with Crippen LogP contribution in [0.3, 0.4) is 0 Å². The van der Waals surface area contributed by atoms with Gasteiger partial charge in [-0.3, -0.25) is 9.36 Å². The Labute approximate surface area is 132 Å². The fourth-order valence-corrected chi connectivity index (χ4v) is 2.17. The smallest absolute Gasteiger partial charge is 0.251 e. The lowest BCUT2D eigenvalue weighted by Crippen LogP contribution is -2.25. The van der Waals surface area contributed by atoms with Gasteiger partial charge in [-0.1, -0.05) is 12.1 Å². The Morgan fingerprint density at radius 3 is 2.74 bits per heavy atom. The number of pyridine rings is 1. The predicted octanol–water partition coefficient (Wildman–Crippen LogP) is 2.38. The van der Waals surface area contributed by atoms with Crippen LogP contribution in [-0.2, 0) is 6.42 Å². The molecular formula is C17H15FN4O. The van der Waals surface area contributed by atoms with Crippen molar-refractivity contribution in [2.75, 3.05) is 6.54 Å². The van der Waals surface area contributed by atoms with Crippen LogP contribution < -0.4 is 5.32 Å². The molecule has 3 rings (SSSR count). The third-order valence-electron chi connectivity index (χ3n) is 3.39. The number of carbonyl (C=O) groups excluding carboxylic acids is 1. The molecule has 0 saturated carbocycles. The molecule has 2 heterocycles. The van der Waals surface area contributed by atoms with E-state index in [2.05, 4.69) is 15.3 Å². The summed E-state index contributed by atoms with van der Waals surface area (Å²) in [5.41, 5.74) is 1.50. The van der Waals surface area contributed by atoms with E-state index in [9.17, 15) is 9.18 Å². The molecule has 2 aromatic heterocycles. The minimum Gasteiger partial charge on any atom is -0.352 e. The Kier molecular flexibility index (Phi) is 4.42. The van der Waals surface area contributed by atoms with Crippen LogP contribution in [-0.4, -0.2) is 27.0 Å². The van der Waals surface area contributed by atoms with Crippen molar-refractivity contribution in [3.05, 3.63) is 78.3 Å². The Morgan fingerprint density at radius 2 is 2.00 bits per heavy atom. The quantitative estimate of drug-likeness (QED) is 0.787. The number of benzene rings is 1. The summed E-state index contributed by atoms with van der Waals surface area (Å²) in [4.78, 5) is 20.4. The second-order valence-electron chi connectivity index (χ2n) is 5.01. The number of aromatic nitrogens is 3. The van der Waals surface area contributed by atoms with E-state index >= 15 is 0 Å². The maximum absolute atomic E-state index is 12.8. The standard InChI is InChI=1S/C17H15FN4O/c18-15-3-1-13(2-4-15)5-7-21-17(23)14-6-8-20-16(11-14)22-10-9-19-12-22/h1-4,6,8-12H,5,7H2,(H,21,23). The van der Waals surface area contributed by atoms with E-state index in [4.69, 9.17) is 0 Å². The highest BCUT2D eigenvalue weighted by Crippen LogP contribution is 2.07. The predicted molar refractivity (Wildman–Crippen MR) is 83.8 cm³/mol. The van der Waals surface area contributed by atoms with Crippen molar-refractivity contribution in [2.45, 2.75) is 6.42 Å². The molecule has 1 aromatic carbocycles. The minimum atomic E-state index is -0.262. The van der Waals surface area contributed by atoms with Gasteiger partial charge in [0, 0.05) is 30.7 Å². The first-order valence-corrected chi connectivity index (χ1v) is 7.19. The van der Waals surface area contributed by atoms with E-state index in [1.165, 1.54) is 12.1 Å². The molecule has 5 nitrogen and oxygen atoms in total. The number of nitrogens with zero attached hydrogens (tertiary/aromatic N) is 3. The van der Waals surface area contributed by atoms with Crippen LogP contribution in [0, 0.1) is 5.82 Å². The van der Waals surface area contributed by atoms with E-state index in [-0.39, 0.29) is 11.7 Å². The third kappa shape index (κ3) is 3.79. The molecule has 6 heteroatoms. The van der Waals surface area contributed by atoms with Gasteiger partial charge in [-0.05, 0) is 36.2 Å². The first-order valence-electron chi connectivity index (χ1n) is 7.19. The third-order valence-corrected chi connectivity index (χ3v) is 3.39. The Hall–Kier alpha value is -3.02. The van der Waals surface area contributed by atoms with E-state index in [0.717, 1.165) is 5.56 Å². The molecule has 3 aromatic rings. The molecule has 0 spiro atoms. The first-order chi connectivity index (χ1) is 11.2. The van der Waals surface area contributed by atoms with E-state index in [0.29, 0.717) is 24.3 Å². The number of rotatable bonds is 5. The topological polar surface area (TPSA) is 59.8 Å². The van der Waals surface area contributed by atoms with Crippen molar-refractivity contribution in [2.24, 2.45) is 0 Å². The van der Waals surface area contributed by atoms with Gasteiger partial charge in [-0.15, -0.1) is 0 Å². The van der Waals surface area contributed by atoms with Gasteiger partial charge in [0.05, 0.1) is 0 Å². The minimum absolute atomic E-state index is 0.170. The van der Waals surface area contributed by atoms with Crippen LogP contribution in [0.25, 0.3) is 5.82 Å². The highest BCUT2D eigenvalue weighted by molar-refractivity contribution is 5.94. The van der Waals surface area contributed by atoms with Gasteiger partial charge in [-0.2, -0.15) is 0 Å². The molecule has 0 fully saturated rings. The first kappa shape index (κ1) is 14.9. The van der Waals surface area contributed by atoms with Crippen molar-refractivity contribution in [3.63, 3.8) is 0 Å². The van der Waals surface area contributed by atoms with Crippen molar-refractivity contribution in [3.8, 4) is 5.82 Å². The van der Waals surface area contributed by atoms with E-state index in [1.54, 1.807) is 53.8 Å². The summed E-state index contributed by atoms with van der Waals surface area (Å²) in [7, 11) is 0. The van der Waals surface area contributed by atoms with Gasteiger partial charge >= 0.3 is 0 Å². The molecule has 1 N–H and O–H groups in total. The second-order valence-corrected chi connectivity index (χ2v) is 5.01. The summed E-state index contributed by atoms with van der Waals surface area (Å²) >= 11 is 0. The van der Waals surface area contributed by atoms with Gasteiger partial charge in [0.1, 0.15) is 18.0 Å². The fraction of sp³-hybridized carbons (Fsp3) is 0.118. The zero-order valence-electron chi connectivity index (χ0n) is 12.3. The number of carbonyl (C=O) groups is 1. The molecule has 0 atom stereocenters. The lowest BCUT2D eigenvalue weighted by atomic mass is 10.1. The normalized spacial score (nSPS) is 10.5. The molecular weight excluding hydrogens is 295 g/mol. The average Bonchev–Trinajstić information content (AvgIpc) is 3.11. The molecule has 116 valence electrons.